The fourth-order valence-electron chi connectivity index (χ4n) is 2.44. The van der Waals surface area contributed by atoms with Gasteiger partial charge in [0.2, 0.25) is 0 Å². The van der Waals surface area contributed by atoms with Gasteiger partial charge < -0.3 is 20.4 Å². The first kappa shape index (κ1) is 11.9. The lowest BCUT2D eigenvalue weighted by molar-refractivity contribution is -0.00563. The van der Waals surface area contributed by atoms with Crippen molar-refractivity contribution in [3.8, 4) is 0 Å². The molecule has 1 rings (SSSR count). The van der Waals surface area contributed by atoms with Crippen molar-refractivity contribution in [2.24, 2.45) is 23.7 Å². The monoisotopic (exact) mass is 204 g/mol. The summed E-state index contributed by atoms with van der Waals surface area (Å²) in [7, 11) is 0. The van der Waals surface area contributed by atoms with Crippen LogP contribution in [0.5, 0.6) is 0 Å². The van der Waals surface area contributed by atoms with Crippen molar-refractivity contribution in [3.63, 3.8) is 0 Å². The van der Waals surface area contributed by atoms with Crippen molar-refractivity contribution in [1.29, 1.82) is 0 Å². The Kier molecular flexibility index (Phi) is 4.81. The smallest absolute Gasteiger partial charge is 0.0462 e. The topological polar surface area (TPSA) is 80.9 Å². The molecule has 1 aliphatic carbocycles. The van der Waals surface area contributed by atoms with E-state index < -0.39 is 0 Å². The molecule has 0 aliphatic heterocycles. The highest BCUT2D eigenvalue weighted by Gasteiger charge is 2.35. The van der Waals surface area contributed by atoms with Gasteiger partial charge in [-0.3, -0.25) is 0 Å². The summed E-state index contributed by atoms with van der Waals surface area (Å²) >= 11 is 0. The summed E-state index contributed by atoms with van der Waals surface area (Å²) in [5.74, 6) is 0.278. The lowest BCUT2D eigenvalue weighted by Crippen LogP contribution is -2.38. The molecule has 1 saturated carbocycles. The molecule has 0 amide bonds. The minimum atomic E-state index is 0.0554. The molecule has 14 heavy (non-hydrogen) atoms. The van der Waals surface area contributed by atoms with E-state index in [1.807, 2.05) is 0 Å². The molecule has 4 unspecified atom stereocenters. The molecule has 4 N–H and O–H groups in total. The van der Waals surface area contributed by atoms with Crippen LogP contribution in [0.3, 0.4) is 0 Å². The Hall–Kier alpha value is -0.160. The normalized spacial score (nSPS) is 38.6. The van der Waals surface area contributed by atoms with E-state index in [9.17, 15) is 0 Å². The Morgan fingerprint density at radius 2 is 0.786 bits per heavy atom. The van der Waals surface area contributed by atoms with Crippen molar-refractivity contribution >= 4 is 0 Å². The summed E-state index contributed by atoms with van der Waals surface area (Å²) in [5.41, 5.74) is 0. The molecule has 0 heterocycles. The van der Waals surface area contributed by atoms with Crippen LogP contribution in [0.15, 0.2) is 0 Å². The molecule has 0 radical (unpaired) electrons. The lowest BCUT2D eigenvalue weighted by Gasteiger charge is -2.38. The first-order valence-corrected chi connectivity index (χ1v) is 5.20. The second-order valence-electron chi connectivity index (χ2n) is 4.24. The van der Waals surface area contributed by atoms with E-state index >= 15 is 0 Å². The highest BCUT2D eigenvalue weighted by atomic mass is 16.3. The zero-order valence-electron chi connectivity index (χ0n) is 8.34. The first-order chi connectivity index (χ1) is 6.76. The molecular weight excluding hydrogens is 184 g/mol. The van der Waals surface area contributed by atoms with Gasteiger partial charge in [0.25, 0.3) is 0 Å². The van der Waals surface area contributed by atoms with Crippen LogP contribution in [0.2, 0.25) is 0 Å². The van der Waals surface area contributed by atoms with Crippen LogP contribution >= 0.6 is 0 Å². The Labute approximate surface area is 84.2 Å². The summed E-state index contributed by atoms with van der Waals surface area (Å²) in [5, 5.41) is 36.4. The van der Waals surface area contributed by atoms with Gasteiger partial charge in [0.05, 0.1) is 0 Å². The highest BCUT2D eigenvalue weighted by molar-refractivity contribution is 4.84. The van der Waals surface area contributed by atoms with Crippen LogP contribution in [0.1, 0.15) is 12.8 Å². The van der Waals surface area contributed by atoms with Crippen LogP contribution in [-0.2, 0) is 0 Å². The third-order valence-electron chi connectivity index (χ3n) is 3.48. The standard InChI is InChI=1S/C10H20O4/c11-3-7-1-8(4-12)10(6-14)2-9(7)5-13/h7-14H,1-6H2. The number of hydrogen-bond donors (Lipinski definition) is 4. The molecule has 0 bridgehead atoms. The fraction of sp³-hybridized carbons (Fsp3) is 1.00. The van der Waals surface area contributed by atoms with Gasteiger partial charge in [-0.2, -0.15) is 0 Å². The van der Waals surface area contributed by atoms with E-state index in [0.29, 0.717) is 12.8 Å². The zero-order valence-corrected chi connectivity index (χ0v) is 8.34. The van der Waals surface area contributed by atoms with Crippen LogP contribution in [0.25, 0.3) is 0 Å². The molecule has 84 valence electrons. The average Bonchev–Trinajstić information content (AvgIpc) is 2.26. The number of aliphatic hydroxyl groups is 4. The van der Waals surface area contributed by atoms with Crippen molar-refractivity contribution in [3.05, 3.63) is 0 Å². The first-order valence-electron chi connectivity index (χ1n) is 5.20. The van der Waals surface area contributed by atoms with Crippen molar-refractivity contribution in [1.82, 2.24) is 0 Å². The van der Waals surface area contributed by atoms with Crippen LogP contribution < -0.4 is 0 Å². The van der Waals surface area contributed by atoms with E-state index in [-0.39, 0.29) is 50.1 Å². The quantitative estimate of drug-likeness (QED) is 0.484. The van der Waals surface area contributed by atoms with E-state index in [2.05, 4.69) is 0 Å². The SMILES string of the molecule is OCC1CC(CO)C(CO)CC1CO. The van der Waals surface area contributed by atoms with Gasteiger partial charge in [0, 0.05) is 26.4 Å². The maximum atomic E-state index is 9.11. The van der Waals surface area contributed by atoms with Crippen LogP contribution in [0, 0.1) is 23.7 Å². The summed E-state index contributed by atoms with van der Waals surface area (Å²) in [6, 6.07) is 0. The average molecular weight is 204 g/mol. The third kappa shape index (κ3) is 2.45. The number of aliphatic hydroxyl groups excluding tert-OH is 4. The molecule has 0 spiro atoms. The number of hydrogen-bond acceptors (Lipinski definition) is 4. The Balaban J connectivity index is 2.59. The van der Waals surface area contributed by atoms with Gasteiger partial charge in [0.15, 0.2) is 0 Å². The van der Waals surface area contributed by atoms with E-state index in [0.717, 1.165) is 0 Å². The van der Waals surface area contributed by atoms with Gasteiger partial charge in [0.1, 0.15) is 0 Å². The van der Waals surface area contributed by atoms with Crippen molar-refractivity contribution in [2.75, 3.05) is 26.4 Å². The third-order valence-corrected chi connectivity index (χ3v) is 3.48. The molecule has 1 aliphatic rings. The predicted molar refractivity (Wildman–Crippen MR) is 51.5 cm³/mol. The lowest BCUT2D eigenvalue weighted by atomic mass is 9.69. The maximum absolute atomic E-state index is 9.11. The van der Waals surface area contributed by atoms with Gasteiger partial charge in [-0.25, -0.2) is 0 Å². The minimum absolute atomic E-state index is 0.0554. The molecule has 4 heteroatoms. The van der Waals surface area contributed by atoms with E-state index in [4.69, 9.17) is 20.4 Å². The molecule has 0 saturated heterocycles. The van der Waals surface area contributed by atoms with Gasteiger partial charge in [-0.15, -0.1) is 0 Å². The molecule has 0 aromatic rings. The Morgan fingerprint density at radius 1 is 0.571 bits per heavy atom. The minimum Gasteiger partial charge on any atom is -0.396 e. The number of rotatable bonds is 4. The molecule has 4 atom stereocenters. The highest BCUT2D eigenvalue weighted by Crippen LogP contribution is 2.37. The second kappa shape index (κ2) is 5.66. The maximum Gasteiger partial charge on any atom is 0.0462 e. The molecule has 4 nitrogen and oxygen atoms in total. The zero-order chi connectivity index (χ0) is 10.6. The summed E-state index contributed by atoms with van der Waals surface area (Å²) in [4.78, 5) is 0. The molecule has 0 aromatic heterocycles. The summed E-state index contributed by atoms with van der Waals surface area (Å²) in [6.07, 6.45) is 1.40. The fourth-order valence-corrected chi connectivity index (χ4v) is 2.44. The largest absolute Gasteiger partial charge is 0.396 e. The molecule has 0 aromatic carbocycles. The predicted octanol–water partition coefficient (Wildman–Crippen LogP) is -0.786. The van der Waals surface area contributed by atoms with E-state index in [1.54, 1.807) is 0 Å². The summed E-state index contributed by atoms with van der Waals surface area (Å²) in [6.45, 7) is 0.222. The van der Waals surface area contributed by atoms with Crippen molar-refractivity contribution < 1.29 is 20.4 Å². The molecular formula is C10H20O4. The van der Waals surface area contributed by atoms with E-state index in [1.165, 1.54) is 0 Å². The van der Waals surface area contributed by atoms with Gasteiger partial charge in [-0.05, 0) is 36.5 Å². The molecule has 1 fully saturated rings. The Bertz CT molecular complexity index is 128. The second-order valence-corrected chi connectivity index (χ2v) is 4.24. The summed E-state index contributed by atoms with van der Waals surface area (Å²) < 4.78 is 0. The van der Waals surface area contributed by atoms with Crippen LogP contribution in [0.4, 0.5) is 0 Å². The van der Waals surface area contributed by atoms with Crippen molar-refractivity contribution in [2.45, 2.75) is 12.8 Å². The van der Waals surface area contributed by atoms with Gasteiger partial charge in [-0.1, -0.05) is 0 Å². The Morgan fingerprint density at radius 3 is 0.929 bits per heavy atom. The van der Waals surface area contributed by atoms with Gasteiger partial charge >= 0.3 is 0 Å². The van der Waals surface area contributed by atoms with Crippen LogP contribution in [-0.4, -0.2) is 46.9 Å².